The molecule has 30 heavy (non-hydrogen) atoms. The molecule has 2 aromatic carbocycles. The van der Waals surface area contributed by atoms with Crippen LogP contribution in [0.5, 0.6) is 0 Å². The van der Waals surface area contributed by atoms with E-state index in [1.807, 2.05) is 49.4 Å². The third kappa shape index (κ3) is 3.05. The minimum absolute atomic E-state index is 0.319. The van der Waals surface area contributed by atoms with E-state index < -0.39 is 0 Å². The van der Waals surface area contributed by atoms with Gasteiger partial charge in [-0.05, 0) is 47.5 Å². The average molecular weight is 431 g/mol. The number of pyridine rings is 1. The Balaban J connectivity index is 1.85. The molecule has 0 saturated heterocycles. The molecule has 0 amide bonds. The fraction of sp³-hybridized carbons (Fsp3) is 0.0833. The summed E-state index contributed by atoms with van der Waals surface area (Å²) in [6.45, 7) is 2.14. The second kappa shape index (κ2) is 7.55. The Morgan fingerprint density at radius 1 is 1.13 bits per heavy atom. The molecule has 3 aromatic heterocycles. The van der Waals surface area contributed by atoms with Crippen LogP contribution in [0.2, 0.25) is 0 Å². The van der Waals surface area contributed by atoms with Crippen molar-refractivity contribution in [3.63, 3.8) is 0 Å². The van der Waals surface area contributed by atoms with Crippen LogP contribution in [0.1, 0.15) is 16.6 Å². The van der Waals surface area contributed by atoms with Gasteiger partial charge >= 0.3 is 5.97 Å². The number of carbonyl (C=O) groups excluding carboxylic acids is 1. The van der Waals surface area contributed by atoms with Crippen LogP contribution in [0, 0.1) is 0 Å². The highest BCUT2D eigenvalue weighted by atomic mass is 32.1. The van der Waals surface area contributed by atoms with Crippen molar-refractivity contribution in [2.45, 2.75) is 6.92 Å². The summed E-state index contributed by atoms with van der Waals surface area (Å²) in [5, 5.41) is 5.06. The van der Waals surface area contributed by atoms with Gasteiger partial charge in [-0.25, -0.2) is 9.78 Å². The number of nitrogens with zero attached hydrogens (tertiary/aromatic N) is 1. The average Bonchev–Trinajstić information content (AvgIpc) is 3.42. The summed E-state index contributed by atoms with van der Waals surface area (Å²) < 4.78 is 5.38. The summed E-state index contributed by atoms with van der Waals surface area (Å²) >= 11 is 3.05. The maximum atomic E-state index is 12.9. The number of esters is 1. The van der Waals surface area contributed by atoms with Gasteiger partial charge in [-0.2, -0.15) is 0 Å². The van der Waals surface area contributed by atoms with Crippen molar-refractivity contribution in [1.29, 1.82) is 0 Å². The minimum atomic E-state index is -0.319. The molecule has 0 saturated carbocycles. The monoisotopic (exact) mass is 430 g/mol. The molecule has 0 bridgehead atoms. The van der Waals surface area contributed by atoms with Gasteiger partial charge in [0.15, 0.2) is 0 Å². The highest BCUT2D eigenvalue weighted by Crippen LogP contribution is 2.44. The third-order valence-corrected chi connectivity index (χ3v) is 7.02. The summed E-state index contributed by atoms with van der Waals surface area (Å²) in [6.07, 6.45) is 1.80. The molecule has 4 nitrogen and oxygen atoms in total. The number of aromatic nitrogens is 1. The highest BCUT2D eigenvalue weighted by Gasteiger charge is 2.24. The number of ether oxygens (including phenoxy) is 1. The smallest absolute Gasteiger partial charge is 0.349 e. The van der Waals surface area contributed by atoms with Crippen LogP contribution in [0.15, 0.2) is 66.2 Å². The summed E-state index contributed by atoms with van der Waals surface area (Å²) in [5.74, 6) is -0.319. The van der Waals surface area contributed by atoms with Crippen molar-refractivity contribution in [3.05, 3.63) is 71.1 Å². The quantitative estimate of drug-likeness (QED) is 0.257. The predicted molar refractivity (Wildman–Crippen MR) is 126 cm³/mol. The number of nitrogen functional groups attached to an aromatic ring is 1. The number of benzene rings is 2. The predicted octanol–water partition coefficient (Wildman–Crippen LogP) is 6.60. The van der Waals surface area contributed by atoms with Crippen LogP contribution in [0.4, 0.5) is 5.69 Å². The Labute approximate surface area is 181 Å². The Morgan fingerprint density at radius 3 is 2.83 bits per heavy atom. The van der Waals surface area contributed by atoms with Crippen LogP contribution >= 0.6 is 22.7 Å². The van der Waals surface area contributed by atoms with E-state index in [4.69, 9.17) is 10.5 Å². The zero-order valence-electron chi connectivity index (χ0n) is 16.2. The van der Waals surface area contributed by atoms with E-state index in [1.54, 1.807) is 17.5 Å². The Hall–Kier alpha value is -3.22. The third-order valence-electron chi connectivity index (χ3n) is 5.04. The summed E-state index contributed by atoms with van der Waals surface area (Å²) in [6, 6.07) is 18.1. The van der Waals surface area contributed by atoms with E-state index >= 15 is 0 Å². The highest BCUT2D eigenvalue weighted by molar-refractivity contribution is 7.21. The zero-order valence-corrected chi connectivity index (χ0v) is 17.8. The molecule has 0 radical (unpaired) electrons. The first-order valence-electron chi connectivity index (χ1n) is 9.58. The van der Waals surface area contributed by atoms with E-state index in [0.717, 1.165) is 48.2 Å². The Kier molecular flexibility index (Phi) is 4.73. The lowest BCUT2D eigenvalue weighted by Crippen LogP contribution is -2.03. The van der Waals surface area contributed by atoms with Crippen molar-refractivity contribution < 1.29 is 9.53 Å². The standard InChI is InChI=1S/C24H18N2O2S2/c1-2-28-24(27)22-20(15-8-9-16-14(13-15)5-3-6-18(16)25)21-17(19-7-4-12-29-19)10-11-26-23(21)30-22/h3-13H,2,25H2,1H3. The largest absolute Gasteiger partial charge is 0.462 e. The second-order valence-corrected chi connectivity index (χ2v) is 8.77. The van der Waals surface area contributed by atoms with Crippen LogP contribution in [0.3, 0.4) is 0 Å². The number of anilines is 1. The lowest BCUT2D eigenvalue weighted by atomic mass is 9.96. The number of carbonyl (C=O) groups is 1. The molecule has 0 fully saturated rings. The number of hydrogen-bond acceptors (Lipinski definition) is 6. The number of thiophene rings is 2. The molecule has 6 heteroatoms. The first kappa shape index (κ1) is 18.8. The van der Waals surface area contributed by atoms with E-state index in [1.165, 1.54) is 11.3 Å². The maximum absolute atomic E-state index is 12.9. The van der Waals surface area contributed by atoms with Gasteiger partial charge in [0.1, 0.15) is 9.71 Å². The van der Waals surface area contributed by atoms with Crippen molar-refractivity contribution in [3.8, 4) is 21.6 Å². The molecule has 5 aromatic rings. The SMILES string of the molecule is CCOC(=O)c1sc2nccc(-c3cccs3)c2c1-c1ccc2c(N)cccc2c1. The van der Waals surface area contributed by atoms with Gasteiger partial charge in [0.25, 0.3) is 0 Å². The molecule has 3 heterocycles. The van der Waals surface area contributed by atoms with Crippen molar-refractivity contribution in [2.24, 2.45) is 0 Å². The van der Waals surface area contributed by atoms with E-state index in [2.05, 4.69) is 22.5 Å². The Morgan fingerprint density at radius 2 is 2.03 bits per heavy atom. The lowest BCUT2D eigenvalue weighted by Gasteiger charge is -2.09. The van der Waals surface area contributed by atoms with E-state index in [0.29, 0.717) is 11.5 Å². The van der Waals surface area contributed by atoms with Crippen LogP contribution < -0.4 is 5.73 Å². The molecule has 148 valence electrons. The summed E-state index contributed by atoms with van der Waals surface area (Å²) in [5.41, 5.74) is 9.77. The van der Waals surface area contributed by atoms with Crippen molar-refractivity contribution >= 4 is 55.3 Å². The molecule has 0 unspecified atom stereocenters. The lowest BCUT2D eigenvalue weighted by molar-refractivity contribution is 0.0533. The van der Waals surface area contributed by atoms with Gasteiger partial charge in [0, 0.05) is 38.7 Å². The fourth-order valence-corrected chi connectivity index (χ4v) is 5.58. The van der Waals surface area contributed by atoms with E-state index in [9.17, 15) is 4.79 Å². The normalized spacial score (nSPS) is 11.2. The molecule has 0 atom stereocenters. The van der Waals surface area contributed by atoms with Gasteiger partial charge in [0.05, 0.1) is 6.61 Å². The first-order valence-corrected chi connectivity index (χ1v) is 11.3. The molecule has 0 aliphatic heterocycles. The number of nitrogens with two attached hydrogens (primary N) is 1. The molecule has 0 spiro atoms. The van der Waals surface area contributed by atoms with Crippen LogP contribution in [-0.4, -0.2) is 17.6 Å². The summed E-state index contributed by atoms with van der Waals surface area (Å²) in [4.78, 5) is 20.0. The molecule has 5 rings (SSSR count). The van der Waals surface area contributed by atoms with Crippen molar-refractivity contribution in [2.75, 3.05) is 12.3 Å². The summed E-state index contributed by atoms with van der Waals surface area (Å²) in [7, 11) is 0. The van der Waals surface area contributed by atoms with Crippen LogP contribution in [-0.2, 0) is 4.74 Å². The molecule has 0 aliphatic carbocycles. The Bertz CT molecular complexity index is 1390. The van der Waals surface area contributed by atoms with Gasteiger partial charge < -0.3 is 10.5 Å². The molecule has 2 N–H and O–H groups in total. The number of rotatable bonds is 4. The molecular formula is C24H18N2O2S2. The number of fused-ring (bicyclic) bond motifs is 2. The first-order chi connectivity index (χ1) is 14.7. The maximum Gasteiger partial charge on any atom is 0.349 e. The van der Waals surface area contributed by atoms with Gasteiger partial charge in [0.2, 0.25) is 0 Å². The van der Waals surface area contributed by atoms with Crippen LogP contribution in [0.25, 0.3) is 42.6 Å². The van der Waals surface area contributed by atoms with Crippen molar-refractivity contribution in [1.82, 2.24) is 4.98 Å². The topological polar surface area (TPSA) is 65.2 Å². The number of hydrogen-bond donors (Lipinski definition) is 1. The minimum Gasteiger partial charge on any atom is -0.462 e. The zero-order chi connectivity index (χ0) is 20.7. The molecule has 0 aliphatic rings. The van der Waals surface area contributed by atoms with Gasteiger partial charge in [-0.15, -0.1) is 22.7 Å². The van der Waals surface area contributed by atoms with Gasteiger partial charge in [-0.3, -0.25) is 0 Å². The fourth-order valence-electron chi connectivity index (χ4n) is 3.74. The second-order valence-electron chi connectivity index (χ2n) is 6.83. The van der Waals surface area contributed by atoms with E-state index in [-0.39, 0.29) is 5.97 Å². The molecular weight excluding hydrogens is 412 g/mol. The van der Waals surface area contributed by atoms with Gasteiger partial charge in [-0.1, -0.05) is 30.3 Å².